The number of rotatable bonds is 6. The van der Waals surface area contributed by atoms with Crippen molar-refractivity contribution in [1.82, 2.24) is 21.3 Å². The van der Waals surface area contributed by atoms with Gasteiger partial charge >= 0.3 is 0 Å². The molecule has 0 bridgehead atoms. The van der Waals surface area contributed by atoms with Crippen molar-refractivity contribution in [2.45, 2.75) is 89.3 Å². The van der Waals surface area contributed by atoms with Gasteiger partial charge in [-0.05, 0) is 55.7 Å². The highest BCUT2D eigenvalue weighted by Crippen LogP contribution is 2.29. The number of hydrogen-bond acceptors (Lipinski definition) is 5. The second-order valence-electron chi connectivity index (χ2n) is 11.8. The maximum atomic E-state index is 13.7. The van der Waals surface area contributed by atoms with Crippen LogP contribution in [0, 0.1) is 5.92 Å². The molecule has 4 N–H and O–H groups in total. The third-order valence-electron chi connectivity index (χ3n) is 8.26. The first kappa shape index (κ1) is 31.1. The summed E-state index contributed by atoms with van der Waals surface area (Å²) in [4.78, 5) is 53.7. The van der Waals surface area contributed by atoms with Crippen LogP contribution >= 0.6 is 0 Å². The van der Waals surface area contributed by atoms with E-state index in [0.717, 1.165) is 32.1 Å². The summed E-state index contributed by atoms with van der Waals surface area (Å²) in [6.07, 6.45) is 5.44. The van der Waals surface area contributed by atoms with E-state index < -0.39 is 17.5 Å². The highest BCUT2D eigenvalue weighted by molar-refractivity contribution is 6.00. The Hall–Kier alpha value is -3.88. The molecule has 0 aromatic heterocycles. The number of ether oxygens (including phenoxy) is 1. The largest absolute Gasteiger partial charge is 0.491 e. The topological polar surface area (TPSA) is 126 Å². The van der Waals surface area contributed by atoms with E-state index in [4.69, 9.17) is 4.74 Å². The first-order valence-corrected chi connectivity index (χ1v) is 15.2. The Labute approximate surface area is 248 Å². The van der Waals surface area contributed by atoms with Crippen LogP contribution in [0.2, 0.25) is 0 Å². The summed E-state index contributed by atoms with van der Waals surface area (Å²) in [5.74, 6) is -0.903. The molecule has 4 amide bonds. The molecule has 2 aliphatic rings. The van der Waals surface area contributed by atoms with E-state index in [1.807, 2.05) is 44.2 Å². The lowest BCUT2D eigenvalue weighted by molar-refractivity contribution is -0.136. The van der Waals surface area contributed by atoms with Gasteiger partial charge in [-0.3, -0.25) is 19.2 Å². The molecule has 0 saturated heterocycles. The molecule has 2 aromatic carbocycles. The molecule has 1 aliphatic carbocycles. The monoisotopic (exact) mass is 576 g/mol. The van der Waals surface area contributed by atoms with Crippen molar-refractivity contribution in [2.75, 3.05) is 13.2 Å². The number of carbonyl (C=O) groups is 4. The van der Waals surface area contributed by atoms with Crippen LogP contribution in [0.4, 0.5) is 0 Å². The summed E-state index contributed by atoms with van der Waals surface area (Å²) in [5, 5.41) is 11.9. The zero-order valence-electron chi connectivity index (χ0n) is 24.7. The molecule has 1 aliphatic heterocycles. The van der Waals surface area contributed by atoms with E-state index in [0.29, 0.717) is 25.1 Å². The summed E-state index contributed by atoms with van der Waals surface area (Å²) in [7, 11) is 0. The van der Waals surface area contributed by atoms with E-state index in [9.17, 15) is 19.2 Å². The van der Waals surface area contributed by atoms with Crippen LogP contribution in [0.25, 0.3) is 0 Å². The molecule has 1 saturated carbocycles. The van der Waals surface area contributed by atoms with Crippen LogP contribution < -0.4 is 26.0 Å². The number of nitrogens with one attached hydrogen (secondary N) is 4. The molecular weight excluding hydrogens is 532 g/mol. The summed E-state index contributed by atoms with van der Waals surface area (Å²) < 4.78 is 6.11. The number of carbonyl (C=O) groups excluding carboxylic acids is 4. The Morgan fingerprint density at radius 1 is 0.976 bits per heavy atom. The first-order valence-electron chi connectivity index (χ1n) is 15.2. The van der Waals surface area contributed by atoms with Gasteiger partial charge < -0.3 is 26.0 Å². The van der Waals surface area contributed by atoms with Gasteiger partial charge in [-0.15, -0.1) is 0 Å². The van der Waals surface area contributed by atoms with Crippen LogP contribution in [-0.2, 0) is 20.8 Å². The second kappa shape index (κ2) is 14.8. The van der Waals surface area contributed by atoms with Gasteiger partial charge in [0, 0.05) is 13.0 Å². The number of fused-ring (bicyclic) bond motifs is 1. The quantitative estimate of drug-likeness (QED) is 0.391. The molecule has 226 valence electrons. The van der Waals surface area contributed by atoms with Crippen LogP contribution in [-0.4, -0.2) is 54.4 Å². The average Bonchev–Trinajstić information content (AvgIpc) is 3.00. The van der Waals surface area contributed by atoms with Crippen LogP contribution in [0.5, 0.6) is 5.75 Å². The summed E-state index contributed by atoms with van der Waals surface area (Å²) in [6.45, 7) is 4.58. The third kappa shape index (κ3) is 8.33. The van der Waals surface area contributed by atoms with E-state index in [2.05, 4.69) is 21.3 Å². The fraction of sp³-hybridized carbons (Fsp3) is 0.515. The summed E-state index contributed by atoms with van der Waals surface area (Å²) in [6, 6.07) is 15.6. The smallest absolute Gasteiger partial charge is 0.255 e. The molecule has 1 spiro atoms. The Kier molecular flexibility index (Phi) is 11.0. The van der Waals surface area contributed by atoms with Crippen LogP contribution in [0.3, 0.4) is 0 Å². The number of amides is 4. The van der Waals surface area contributed by atoms with Gasteiger partial charge in [0.15, 0.2) is 0 Å². The predicted octanol–water partition coefficient (Wildman–Crippen LogP) is 3.67. The molecule has 1 fully saturated rings. The second-order valence-corrected chi connectivity index (χ2v) is 11.8. The van der Waals surface area contributed by atoms with Crippen molar-refractivity contribution in [2.24, 2.45) is 5.92 Å². The normalized spacial score (nSPS) is 21.5. The van der Waals surface area contributed by atoms with Gasteiger partial charge in [0.2, 0.25) is 17.7 Å². The fourth-order valence-electron chi connectivity index (χ4n) is 5.61. The fourth-order valence-corrected chi connectivity index (χ4v) is 5.61. The number of para-hydroxylation sites is 1. The zero-order valence-corrected chi connectivity index (χ0v) is 24.7. The minimum absolute atomic E-state index is 0.0107. The minimum atomic E-state index is -1.00. The molecule has 9 heteroatoms. The van der Waals surface area contributed by atoms with Gasteiger partial charge in [0.1, 0.15) is 23.9 Å². The van der Waals surface area contributed by atoms with Gasteiger partial charge in [0.25, 0.3) is 5.91 Å². The minimum Gasteiger partial charge on any atom is -0.491 e. The Balaban J connectivity index is 1.54. The lowest BCUT2D eigenvalue weighted by atomic mass is 9.80. The molecule has 4 rings (SSSR count). The molecule has 42 heavy (non-hydrogen) atoms. The number of aryl methyl sites for hydroxylation is 1. The third-order valence-corrected chi connectivity index (χ3v) is 8.26. The molecule has 2 atom stereocenters. The van der Waals surface area contributed by atoms with Crippen LogP contribution in [0.15, 0.2) is 54.6 Å². The maximum absolute atomic E-state index is 13.7. The van der Waals surface area contributed by atoms with Gasteiger partial charge in [-0.2, -0.15) is 0 Å². The molecule has 0 radical (unpaired) electrons. The van der Waals surface area contributed by atoms with Gasteiger partial charge in [0.05, 0.1) is 11.6 Å². The van der Waals surface area contributed by atoms with Crippen LogP contribution in [0.1, 0.15) is 81.1 Å². The van der Waals surface area contributed by atoms with E-state index in [-0.39, 0.29) is 54.7 Å². The van der Waals surface area contributed by atoms with Gasteiger partial charge in [-0.1, -0.05) is 75.6 Å². The molecule has 0 unspecified atom stereocenters. The highest BCUT2D eigenvalue weighted by atomic mass is 16.5. The van der Waals surface area contributed by atoms with Crippen molar-refractivity contribution in [3.63, 3.8) is 0 Å². The molecule has 9 nitrogen and oxygen atoms in total. The Morgan fingerprint density at radius 3 is 2.43 bits per heavy atom. The predicted molar refractivity (Wildman–Crippen MR) is 161 cm³/mol. The highest BCUT2D eigenvalue weighted by Gasteiger charge is 2.42. The number of benzene rings is 2. The lowest BCUT2D eigenvalue weighted by Crippen LogP contribution is -2.62. The molecular formula is C33H44N4O5. The van der Waals surface area contributed by atoms with Gasteiger partial charge in [-0.25, -0.2) is 0 Å². The van der Waals surface area contributed by atoms with E-state index in [1.54, 1.807) is 24.3 Å². The number of hydrogen-bond donors (Lipinski definition) is 4. The van der Waals surface area contributed by atoms with E-state index in [1.165, 1.54) is 5.56 Å². The molecule has 2 aromatic rings. The molecule has 1 heterocycles. The van der Waals surface area contributed by atoms with Crippen molar-refractivity contribution < 1.29 is 23.9 Å². The Bertz CT molecular complexity index is 1230. The van der Waals surface area contributed by atoms with Crippen molar-refractivity contribution in [3.8, 4) is 5.75 Å². The Morgan fingerprint density at radius 2 is 1.69 bits per heavy atom. The average molecular weight is 577 g/mol. The first-order chi connectivity index (χ1) is 20.3. The van der Waals surface area contributed by atoms with Crippen molar-refractivity contribution in [3.05, 3.63) is 65.7 Å². The standard InChI is InChI=1S/C33H44N4O5/c1-23(2)27-22-42-28-16-8-7-15-25(28)30(39)35-26(31(40)34-21-11-14-24-12-5-3-6-13-24)17-18-29(38)37-33(32(41)36-27)19-9-4-10-20-33/h3,5-8,12-13,15-16,23,26-27H,4,9-11,14,17-22H2,1-2H3,(H,34,40)(H,35,39)(H,36,41)(H,37,38)/t26-,27+/m0/s1. The zero-order chi connectivity index (χ0) is 30.0. The summed E-state index contributed by atoms with van der Waals surface area (Å²) >= 11 is 0. The maximum Gasteiger partial charge on any atom is 0.255 e. The SMILES string of the molecule is CC(C)[C@H]1COc2ccccc2C(=O)N[C@H](C(=O)NCCCc2ccccc2)CCC(=O)NC2(CCCCC2)C(=O)N1. The lowest BCUT2D eigenvalue weighted by Gasteiger charge is -2.38. The van der Waals surface area contributed by atoms with Crippen molar-refractivity contribution >= 4 is 23.6 Å². The van der Waals surface area contributed by atoms with Crippen molar-refractivity contribution in [1.29, 1.82) is 0 Å². The van der Waals surface area contributed by atoms with E-state index >= 15 is 0 Å². The summed E-state index contributed by atoms with van der Waals surface area (Å²) in [5.41, 5.74) is 0.470.